The van der Waals surface area contributed by atoms with E-state index in [0.29, 0.717) is 0 Å². The summed E-state index contributed by atoms with van der Waals surface area (Å²) in [6, 6.07) is 0. The zero-order valence-corrected chi connectivity index (χ0v) is 6.56. The Morgan fingerprint density at radius 3 is 2.89 bits per heavy atom. The molecular formula is C6H11N2S+. The van der Waals surface area contributed by atoms with Crippen molar-refractivity contribution in [2.75, 3.05) is 5.75 Å². The standard InChI is InChI=1S/C6H11N2S/c1-3-9-8-5-4-7(2)6-8/h4-6H,3H2,1-2H3/q+1. The van der Waals surface area contributed by atoms with Crippen LogP contribution in [0.15, 0.2) is 18.7 Å². The summed E-state index contributed by atoms with van der Waals surface area (Å²) in [6.07, 6.45) is 6.13. The van der Waals surface area contributed by atoms with E-state index in [9.17, 15) is 0 Å². The van der Waals surface area contributed by atoms with Crippen LogP contribution < -0.4 is 4.57 Å². The Bertz CT molecular complexity index is 183. The molecule has 1 heterocycles. The summed E-state index contributed by atoms with van der Waals surface area (Å²) < 4.78 is 4.13. The lowest BCUT2D eigenvalue weighted by Crippen LogP contribution is -2.23. The largest absolute Gasteiger partial charge is 0.255 e. The molecule has 0 atom stereocenters. The van der Waals surface area contributed by atoms with Gasteiger partial charge in [-0.2, -0.15) is 3.97 Å². The molecule has 0 aromatic carbocycles. The highest BCUT2D eigenvalue weighted by Gasteiger charge is 1.96. The lowest BCUT2D eigenvalue weighted by molar-refractivity contribution is -0.670. The minimum Gasteiger partial charge on any atom is -0.239 e. The van der Waals surface area contributed by atoms with Crippen LogP contribution in [0.4, 0.5) is 0 Å². The average Bonchev–Trinajstić information content (AvgIpc) is 2.17. The quantitative estimate of drug-likeness (QED) is 0.557. The fourth-order valence-electron chi connectivity index (χ4n) is 0.653. The minimum atomic E-state index is 1.12. The molecule has 0 unspecified atom stereocenters. The maximum atomic E-state index is 2.14. The highest BCUT2D eigenvalue weighted by molar-refractivity contribution is 7.97. The van der Waals surface area contributed by atoms with E-state index in [-0.39, 0.29) is 0 Å². The Morgan fingerprint density at radius 1 is 1.67 bits per heavy atom. The van der Waals surface area contributed by atoms with Crippen molar-refractivity contribution in [1.29, 1.82) is 0 Å². The summed E-state index contributed by atoms with van der Waals surface area (Å²) in [6.45, 7) is 2.14. The molecule has 1 rings (SSSR count). The van der Waals surface area contributed by atoms with E-state index in [0.717, 1.165) is 5.75 Å². The van der Waals surface area contributed by atoms with Gasteiger partial charge in [0.15, 0.2) is 0 Å². The molecule has 0 amide bonds. The van der Waals surface area contributed by atoms with Gasteiger partial charge in [0.1, 0.15) is 12.4 Å². The fraction of sp³-hybridized carbons (Fsp3) is 0.500. The van der Waals surface area contributed by atoms with E-state index in [1.165, 1.54) is 0 Å². The Kier molecular flexibility index (Phi) is 2.16. The second-order valence-electron chi connectivity index (χ2n) is 1.86. The van der Waals surface area contributed by atoms with Crippen molar-refractivity contribution in [2.24, 2.45) is 7.05 Å². The second kappa shape index (κ2) is 2.92. The summed E-state index contributed by atoms with van der Waals surface area (Å²) in [4.78, 5) is 0. The molecule has 0 bridgehead atoms. The van der Waals surface area contributed by atoms with Crippen LogP contribution in [0.1, 0.15) is 6.92 Å². The third-order valence-electron chi connectivity index (χ3n) is 1.02. The SMILES string of the molecule is CCSn1cc[n+](C)c1. The molecule has 0 aliphatic carbocycles. The summed E-state index contributed by atoms with van der Waals surface area (Å²) in [7, 11) is 2.02. The number of hydrogen-bond donors (Lipinski definition) is 0. The number of aryl methyl sites for hydroxylation is 1. The topological polar surface area (TPSA) is 8.81 Å². The maximum Gasteiger partial charge on any atom is 0.255 e. The van der Waals surface area contributed by atoms with E-state index in [4.69, 9.17) is 0 Å². The van der Waals surface area contributed by atoms with Gasteiger partial charge in [0.25, 0.3) is 6.33 Å². The molecule has 1 aromatic heterocycles. The van der Waals surface area contributed by atoms with Crippen LogP contribution in [0.5, 0.6) is 0 Å². The van der Waals surface area contributed by atoms with Crippen molar-refractivity contribution in [3.05, 3.63) is 18.7 Å². The van der Waals surface area contributed by atoms with Crippen molar-refractivity contribution in [2.45, 2.75) is 6.92 Å². The van der Waals surface area contributed by atoms with E-state index >= 15 is 0 Å². The summed E-state index contributed by atoms with van der Waals surface area (Å²) >= 11 is 1.79. The van der Waals surface area contributed by atoms with Crippen LogP contribution in [0.25, 0.3) is 0 Å². The molecule has 0 saturated carbocycles. The van der Waals surface area contributed by atoms with Crippen molar-refractivity contribution in [3.63, 3.8) is 0 Å². The molecule has 3 heteroatoms. The molecule has 0 saturated heterocycles. The number of imidazole rings is 1. The van der Waals surface area contributed by atoms with Gasteiger partial charge in [0.05, 0.1) is 19.0 Å². The fourth-order valence-corrected chi connectivity index (χ4v) is 1.31. The van der Waals surface area contributed by atoms with E-state index in [1.54, 1.807) is 11.9 Å². The third kappa shape index (κ3) is 1.75. The van der Waals surface area contributed by atoms with E-state index in [2.05, 4.69) is 10.9 Å². The molecule has 0 fully saturated rings. The zero-order valence-electron chi connectivity index (χ0n) is 5.74. The predicted octanol–water partition coefficient (Wildman–Crippen LogP) is 0.829. The number of rotatable bonds is 2. The van der Waals surface area contributed by atoms with Gasteiger partial charge in [-0.05, 0) is 0 Å². The smallest absolute Gasteiger partial charge is 0.239 e. The zero-order chi connectivity index (χ0) is 6.69. The van der Waals surface area contributed by atoms with Crippen molar-refractivity contribution < 1.29 is 4.57 Å². The lowest BCUT2D eigenvalue weighted by atomic mass is 10.9. The highest BCUT2D eigenvalue weighted by Crippen LogP contribution is 2.00. The van der Waals surface area contributed by atoms with E-state index < -0.39 is 0 Å². The monoisotopic (exact) mass is 143 g/mol. The molecule has 9 heavy (non-hydrogen) atoms. The van der Waals surface area contributed by atoms with Gasteiger partial charge in [-0.15, -0.1) is 0 Å². The first-order valence-electron chi connectivity index (χ1n) is 2.99. The van der Waals surface area contributed by atoms with Crippen LogP contribution in [0, 0.1) is 0 Å². The molecule has 0 aliphatic rings. The van der Waals surface area contributed by atoms with Crippen molar-refractivity contribution in [1.82, 2.24) is 3.97 Å². The summed E-state index contributed by atoms with van der Waals surface area (Å²) in [5.41, 5.74) is 0. The van der Waals surface area contributed by atoms with Crippen LogP contribution in [0.2, 0.25) is 0 Å². The van der Waals surface area contributed by atoms with Gasteiger partial charge in [0, 0.05) is 5.75 Å². The first kappa shape index (κ1) is 6.68. The van der Waals surface area contributed by atoms with Crippen LogP contribution in [-0.2, 0) is 7.05 Å². The highest BCUT2D eigenvalue weighted by atomic mass is 32.2. The Labute approximate surface area is 59.6 Å². The summed E-state index contributed by atoms with van der Waals surface area (Å²) in [5.74, 6) is 1.12. The molecule has 1 aromatic rings. The molecule has 0 N–H and O–H groups in total. The molecule has 50 valence electrons. The Morgan fingerprint density at radius 2 is 2.44 bits per heavy atom. The average molecular weight is 143 g/mol. The number of hydrogen-bond acceptors (Lipinski definition) is 1. The van der Waals surface area contributed by atoms with Crippen molar-refractivity contribution >= 4 is 11.9 Å². The second-order valence-corrected chi connectivity index (χ2v) is 3.11. The maximum absolute atomic E-state index is 2.14. The van der Waals surface area contributed by atoms with Gasteiger partial charge < -0.3 is 0 Å². The van der Waals surface area contributed by atoms with Crippen molar-refractivity contribution in [3.8, 4) is 0 Å². The summed E-state index contributed by atoms with van der Waals surface area (Å²) in [5, 5.41) is 0. The first-order valence-corrected chi connectivity index (χ1v) is 3.93. The first-order chi connectivity index (χ1) is 4.33. The molecular weight excluding hydrogens is 132 g/mol. The van der Waals surface area contributed by atoms with Crippen LogP contribution in [0.3, 0.4) is 0 Å². The molecule has 0 spiro atoms. The van der Waals surface area contributed by atoms with E-state index in [1.807, 2.05) is 30.3 Å². The molecule has 0 aliphatic heterocycles. The lowest BCUT2D eigenvalue weighted by Gasteiger charge is -1.84. The Balaban J connectivity index is 2.61. The van der Waals surface area contributed by atoms with Gasteiger partial charge in [-0.1, -0.05) is 6.92 Å². The number of aromatic nitrogens is 2. The predicted molar refractivity (Wildman–Crippen MR) is 39.1 cm³/mol. The van der Waals surface area contributed by atoms with Gasteiger partial charge in [-0.3, -0.25) is 0 Å². The van der Waals surface area contributed by atoms with Crippen LogP contribution in [-0.4, -0.2) is 9.73 Å². The molecule has 2 nitrogen and oxygen atoms in total. The molecule has 0 radical (unpaired) electrons. The van der Waals surface area contributed by atoms with Gasteiger partial charge in [0.2, 0.25) is 0 Å². The minimum absolute atomic E-state index is 1.12. The van der Waals surface area contributed by atoms with Crippen LogP contribution >= 0.6 is 11.9 Å². The normalized spacial score (nSPS) is 10.0. The third-order valence-corrected chi connectivity index (χ3v) is 1.80. The van der Waals surface area contributed by atoms with Gasteiger partial charge in [-0.25, -0.2) is 4.57 Å². The Hall–Kier alpha value is -0.440. The number of nitrogens with zero attached hydrogens (tertiary/aromatic N) is 2. The van der Waals surface area contributed by atoms with Gasteiger partial charge >= 0.3 is 0 Å².